The van der Waals surface area contributed by atoms with Crippen LogP contribution in [0.15, 0.2) is 12.4 Å². The maximum absolute atomic E-state index is 11.3. The Bertz CT molecular complexity index is 375. The number of nitrogens with zero attached hydrogens (tertiary/aromatic N) is 2. The molecule has 0 spiro atoms. The number of aromatic nitrogens is 2. The molecule has 0 saturated heterocycles. The number of methoxy groups -OCH3 is 1. The van der Waals surface area contributed by atoms with E-state index < -0.39 is 0 Å². The lowest BCUT2D eigenvalue weighted by atomic mass is 10.4. The number of nitrogens with one attached hydrogen (secondary N) is 1. The van der Waals surface area contributed by atoms with Crippen LogP contribution in [-0.4, -0.2) is 35.3 Å². The quantitative estimate of drug-likeness (QED) is 0.637. The zero-order chi connectivity index (χ0) is 12.0. The third-order valence-electron chi connectivity index (χ3n) is 1.84. The third kappa shape index (κ3) is 3.99. The standard InChI is InChI=1S/C9H14N4O3/c1-16-9(15)2-3-11-8(14)6-13-5-7(10)4-12-13/h4-5H,2-3,6,10H2,1H3,(H,11,14). The summed E-state index contributed by atoms with van der Waals surface area (Å²) >= 11 is 0. The molecule has 7 heteroatoms. The Balaban J connectivity index is 2.23. The van der Waals surface area contributed by atoms with Crippen molar-refractivity contribution >= 4 is 17.6 Å². The van der Waals surface area contributed by atoms with Crippen molar-refractivity contribution < 1.29 is 14.3 Å². The fourth-order valence-electron chi connectivity index (χ4n) is 1.08. The van der Waals surface area contributed by atoms with Gasteiger partial charge in [0.1, 0.15) is 6.54 Å². The highest BCUT2D eigenvalue weighted by Gasteiger charge is 2.05. The molecule has 7 nitrogen and oxygen atoms in total. The number of esters is 1. The Morgan fingerprint density at radius 1 is 1.62 bits per heavy atom. The molecule has 0 atom stereocenters. The van der Waals surface area contributed by atoms with Gasteiger partial charge in [0, 0.05) is 12.7 Å². The predicted molar refractivity (Wildman–Crippen MR) is 56.3 cm³/mol. The second-order valence-corrected chi connectivity index (χ2v) is 3.15. The Morgan fingerprint density at radius 3 is 2.94 bits per heavy atom. The molecular weight excluding hydrogens is 212 g/mol. The normalized spacial score (nSPS) is 9.81. The van der Waals surface area contributed by atoms with Crippen LogP contribution in [0.5, 0.6) is 0 Å². The van der Waals surface area contributed by atoms with Gasteiger partial charge in [-0.15, -0.1) is 0 Å². The molecule has 1 rings (SSSR count). The fourth-order valence-corrected chi connectivity index (χ4v) is 1.08. The highest BCUT2D eigenvalue weighted by molar-refractivity contribution is 5.76. The van der Waals surface area contributed by atoms with Crippen LogP contribution in [-0.2, 0) is 20.9 Å². The third-order valence-corrected chi connectivity index (χ3v) is 1.84. The van der Waals surface area contributed by atoms with Crippen LogP contribution in [0, 0.1) is 0 Å². The van der Waals surface area contributed by atoms with Crippen LogP contribution in [0.4, 0.5) is 5.69 Å². The van der Waals surface area contributed by atoms with Crippen molar-refractivity contribution in [3.8, 4) is 0 Å². The second kappa shape index (κ2) is 5.74. The van der Waals surface area contributed by atoms with E-state index in [1.165, 1.54) is 18.0 Å². The van der Waals surface area contributed by atoms with Crippen molar-refractivity contribution in [2.24, 2.45) is 0 Å². The molecule has 1 aromatic rings. The van der Waals surface area contributed by atoms with E-state index in [-0.39, 0.29) is 31.4 Å². The van der Waals surface area contributed by atoms with E-state index in [1.54, 1.807) is 6.20 Å². The zero-order valence-electron chi connectivity index (χ0n) is 8.97. The average molecular weight is 226 g/mol. The SMILES string of the molecule is COC(=O)CCNC(=O)Cn1cc(N)cn1. The van der Waals surface area contributed by atoms with Crippen LogP contribution in [0.1, 0.15) is 6.42 Å². The van der Waals surface area contributed by atoms with Gasteiger partial charge in [-0.05, 0) is 0 Å². The number of amides is 1. The minimum Gasteiger partial charge on any atom is -0.469 e. The maximum atomic E-state index is 11.3. The van der Waals surface area contributed by atoms with Gasteiger partial charge >= 0.3 is 5.97 Å². The number of nitrogens with two attached hydrogens (primary N) is 1. The number of carbonyl (C=O) groups is 2. The summed E-state index contributed by atoms with van der Waals surface area (Å²) in [6, 6.07) is 0. The van der Waals surface area contributed by atoms with Crippen LogP contribution in [0.2, 0.25) is 0 Å². The van der Waals surface area contributed by atoms with Crippen molar-refractivity contribution in [2.75, 3.05) is 19.4 Å². The van der Waals surface area contributed by atoms with E-state index in [0.717, 1.165) is 0 Å². The van der Waals surface area contributed by atoms with Gasteiger partial charge < -0.3 is 15.8 Å². The molecule has 0 aliphatic rings. The van der Waals surface area contributed by atoms with Crippen molar-refractivity contribution in [2.45, 2.75) is 13.0 Å². The van der Waals surface area contributed by atoms with Crippen molar-refractivity contribution in [1.29, 1.82) is 0 Å². The Hall–Kier alpha value is -2.05. The first-order chi connectivity index (χ1) is 7.61. The number of anilines is 1. The maximum Gasteiger partial charge on any atom is 0.307 e. The number of ether oxygens (including phenoxy) is 1. The average Bonchev–Trinajstić information content (AvgIpc) is 2.63. The molecule has 88 valence electrons. The van der Waals surface area contributed by atoms with Gasteiger partial charge in [0.25, 0.3) is 0 Å². The topological polar surface area (TPSA) is 99.2 Å². The molecule has 1 aromatic heterocycles. The second-order valence-electron chi connectivity index (χ2n) is 3.15. The first-order valence-electron chi connectivity index (χ1n) is 4.73. The summed E-state index contributed by atoms with van der Waals surface area (Å²) < 4.78 is 5.85. The van der Waals surface area contributed by atoms with Crippen molar-refractivity contribution in [3.63, 3.8) is 0 Å². The monoisotopic (exact) mass is 226 g/mol. The molecule has 1 heterocycles. The molecule has 0 unspecified atom stereocenters. The smallest absolute Gasteiger partial charge is 0.307 e. The van der Waals surface area contributed by atoms with Gasteiger partial charge in [-0.2, -0.15) is 5.10 Å². The molecule has 0 saturated carbocycles. The van der Waals surface area contributed by atoms with Crippen LogP contribution in [0.3, 0.4) is 0 Å². The van der Waals surface area contributed by atoms with Crippen molar-refractivity contribution in [3.05, 3.63) is 12.4 Å². The molecule has 0 aliphatic heterocycles. The van der Waals surface area contributed by atoms with Crippen LogP contribution < -0.4 is 11.1 Å². The van der Waals surface area contributed by atoms with Crippen LogP contribution >= 0.6 is 0 Å². The Labute approximate surface area is 92.6 Å². The summed E-state index contributed by atoms with van der Waals surface area (Å²) in [6.45, 7) is 0.334. The first-order valence-corrected chi connectivity index (χ1v) is 4.73. The Morgan fingerprint density at radius 2 is 2.38 bits per heavy atom. The summed E-state index contributed by atoms with van der Waals surface area (Å²) in [4.78, 5) is 22.1. The van der Waals surface area contributed by atoms with Gasteiger partial charge in [0.15, 0.2) is 0 Å². The number of hydrogen-bond donors (Lipinski definition) is 2. The highest BCUT2D eigenvalue weighted by atomic mass is 16.5. The van der Waals surface area contributed by atoms with Gasteiger partial charge in [0.2, 0.25) is 5.91 Å². The highest BCUT2D eigenvalue weighted by Crippen LogP contribution is 1.96. The van der Waals surface area contributed by atoms with Crippen molar-refractivity contribution in [1.82, 2.24) is 15.1 Å². The van der Waals surface area contributed by atoms with E-state index in [1.807, 2.05) is 0 Å². The zero-order valence-corrected chi connectivity index (χ0v) is 8.97. The number of rotatable bonds is 5. The first kappa shape index (κ1) is 12.0. The molecule has 0 fully saturated rings. The molecule has 0 aromatic carbocycles. The summed E-state index contributed by atoms with van der Waals surface area (Å²) in [7, 11) is 1.30. The molecule has 1 amide bonds. The minimum atomic E-state index is -0.358. The van der Waals surface area contributed by atoms with E-state index in [0.29, 0.717) is 5.69 Å². The van der Waals surface area contributed by atoms with Gasteiger partial charge in [-0.1, -0.05) is 0 Å². The van der Waals surface area contributed by atoms with Crippen LogP contribution in [0.25, 0.3) is 0 Å². The fraction of sp³-hybridized carbons (Fsp3) is 0.444. The number of hydrogen-bond acceptors (Lipinski definition) is 5. The molecule has 0 aliphatic carbocycles. The lowest BCUT2D eigenvalue weighted by Crippen LogP contribution is -2.29. The van der Waals surface area contributed by atoms with Gasteiger partial charge in [-0.3, -0.25) is 14.3 Å². The summed E-state index contributed by atoms with van der Waals surface area (Å²) in [5.74, 6) is -0.587. The van der Waals surface area contributed by atoms with Gasteiger partial charge in [-0.25, -0.2) is 0 Å². The largest absolute Gasteiger partial charge is 0.469 e. The van der Waals surface area contributed by atoms with E-state index in [4.69, 9.17) is 5.73 Å². The van der Waals surface area contributed by atoms with Gasteiger partial charge in [0.05, 0.1) is 25.4 Å². The lowest BCUT2D eigenvalue weighted by Gasteiger charge is -2.04. The van der Waals surface area contributed by atoms with E-state index >= 15 is 0 Å². The summed E-state index contributed by atoms with van der Waals surface area (Å²) in [6.07, 6.45) is 3.17. The lowest BCUT2D eigenvalue weighted by molar-refractivity contribution is -0.140. The number of carbonyl (C=O) groups excluding carboxylic acids is 2. The summed E-state index contributed by atoms with van der Waals surface area (Å²) in [5, 5.41) is 6.42. The minimum absolute atomic E-state index is 0.0817. The molecule has 0 radical (unpaired) electrons. The Kier molecular flexibility index (Phi) is 4.31. The van der Waals surface area contributed by atoms with E-state index in [2.05, 4.69) is 15.2 Å². The molecular formula is C9H14N4O3. The molecule has 16 heavy (non-hydrogen) atoms. The molecule has 0 bridgehead atoms. The number of nitrogen functional groups attached to an aromatic ring is 1. The van der Waals surface area contributed by atoms with E-state index in [9.17, 15) is 9.59 Å². The predicted octanol–water partition coefficient (Wildman–Crippen LogP) is -0.855. The summed E-state index contributed by atoms with van der Waals surface area (Å²) in [5.41, 5.74) is 5.94. The molecule has 3 N–H and O–H groups in total.